The van der Waals surface area contributed by atoms with E-state index < -0.39 is 0 Å². The Labute approximate surface area is 104 Å². The number of unbranched alkanes of at least 4 members (excludes halogenated alkanes) is 1. The highest BCUT2D eigenvalue weighted by Crippen LogP contribution is 2.03. The Morgan fingerprint density at radius 2 is 2.18 bits per heavy atom. The normalized spacial score (nSPS) is 11.5. The van der Waals surface area contributed by atoms with Crippen LogP contribution in [0.15, 0.2) is 23.6 Å². The molecule has 0 saturated heterocycles. The van der Waals surface area contributed by atoms with Gasteiger partial charge in [-0.1, -0.05) is 33.3 Å². The zero-order valence-electron chi connectivity index (χ0n) is 11.6. The second-order valence-corrected chi connectivity index (χ2v) is 3.48. The van der Waals surface area contributed by atoms with E-state index in [4.69, 9.17) is 5.73 Å². The summed E-state index contributed by atoms with van der Waals surface area (Å²) in [4.78, 5) is 8.33. The molecule has 0 aromatic carbocycles. The molecule has 96 valence electrons. The molecule has 0 aliphatic rings. The van der Waals surface area contributed by atoms with Crippen LogP contribution in [0.25, 0.3) is 0 Å². The summed E-state index contributed by atoms with van der Waals surface area (Å²) in [5, 5.41) is 0. The Bertz CT molecular complexity index is 375. The average Bonchev–Trinajstić information content (AvgIpc) is 2.68. The predicted octanol–water partition coefficient (Wildman–Crippen LogP) is 2.77. The summed E-state index contributed by atoms with van der Waals surface area (Å²) in [6, 6.07) is 0. The van der Waals surface area contributed by atoms with Crippen molar-refractivity contribution in [2.75, 3.05) is 0 Å². The Balaban J connectivity index is 0.00000121. The van der Waals surface area contributed by atoms with E-state index in [1.807, 2.05) is 38.5 Å². The summed E-state index contributed by atoms with van der Waals surface area (Å²) in [6.45, 7) is 8.10. The molecule has 0 atom stereocenters. The molecule has 0 unspecified atom stereocenters. The lowest BCUT2D eigenvalue weighted by Crippen LogP contribution is -2.15. The van der Waals surface area contributed by atoms with Crippen molar-refractivity contribution in [2.45, 2.75) is 40.5 Å². The number of aliphatic imine (C=N–C) groups is 1. The van der Waals surface area contributed by atoms with E-state index in [1.54, 1.807) is 12.5 Å². The van der Waals surface area contributed by atoms with Crippen molar-refractivity contribution < 1.29 is 0 Å². The molecule has 0 amide bonds. The van der Waals surface area contributed by atoms with Crippen LogP contribution in [0.3, 0.4) is 0 Å². The fourth-order valence-electron chi connectivity index (χ4n) is 1.18. The summed E-state index contributed by atoms with van der Waals surface area (Å²) in [5.74, 6) is 0.473. The molecule has 0 aliphatic carbocycles. The summed E-state index contributed by atoms with van der Waals surface area (Å²) < 4.78 is 1.92. The minimum Gasteiger partial charge on any atom is -0.382 e. The fraction of sp³-hybridized carbons (Fsp3) is 0.538. The first-order valence-electron chi connectivity index (χ1n) is 6.13. The second-order valence-electron chi connectivity index (χ2n) is 3.48. The van der Waals surface area contributed by atoms with Crippen LogP contribution in [0.5, 0.6) is 0 Å². The molecule has 1 heterocycles. The van der Waals surface area contributed by atoms with Gasteiger partial charge in [-0.15, -0.1) is 0 Å². The maximum absolute atomic E-state index is 5.81. The highest BCUT2D eigenvalue weighted by atomic mass is 15.0. The molecule has 1 aromatic heterocycles. The van der Waals surface area contributed by atoms with Gasteiger partial charge in [0.1, 0.15) is 5.69 Å². The Morgan fingerprint density at radius 3 is 2.65 bits per heavy atom. The molecule has 1 rings (SSSR count). The number of hydrogen-bond acceptors (Lipinski definition) is 2. The molecule has 0 aliphatic heterocycles. The standard InChI is InChI=1S/C11H18N4.C2H6/c1-4-5-6-7-13-11(12)10-9(2)15(3)8-14-10;1-2/h6-8H,4-5H2,1-3H3,(H2,12,13);1-2H3/b7-6+;. The molecule has 0 saturated carbocycles. The molecule has 4 heteroatoms. The van der Waals surface area contributed by atoms with Gasteiger partial charge in [0.15, 0.2) is 5.84 Å². The number of allylic oxidation sites excluding steroid dienone is 1. The molecule has 0 fully saturated rings. The average molecular weight is 236 g/mol. The van der Waals surface area contributed by atoms with E-state index in [-0.39, 0.29) is 0 Å². The summed E-state index contributed by atoms with van der Waals surface area (Å²) in [5.41, 5.74) is 7.60. The lowest BCUT2D eigenvalue weighted by Gasteiger charge is -1.97. The molecular formula is C13H24N4. The number of hydrogen-bond donors (Lipinski definition) is 1. The number of rotatable bonds is 4. The van der Waals surface area contributed by atoms with E-state index in [0.29, 0.717) is 5.84 Å². The van der Waals surface area contributed by atoms with Crippen LogP contribution in [0.4, 0.5) is 0 Å². The molecule has 4 nitrogen and oxygen atoms in total. The van der Waals surface area contributed by atoms with E-state index in [0.717, 1.165) is 24.2 Å². The maximum Gasteiger partial charge on any atom is 0.151 e. The highest BCUT2D eigenvalue weighted by Gasteiger charge is 2.06. The number of imidazole rings is 1. The SMILES string of the molecule is CC.CCC/C=C/N=C(N)c1ncn(C)c1C. The summed E-state index contributed by atoms with van der Waals surface area (Å²) in [6.07, 6.45) is 7.63. The van der Waals surface area contributed by atoms with Gasteiger partial charge < -0.3 is 10.3 Å². The predicted molar refractivity (Wildman–Crippen MR) is 74.1 cm³/mol. The quantitative estimate of drug-likeness (QED) is 0.645. The molecule has 2 N–H and O–H groups in total. The van der Waals surface area contributed by atoms with Crippen LogP contribution < -0.4 is 5.73 Å². The largest absolute Gasteiger partial charge is 0.382 e. The summed E-state index contributed by atoms with van der Waals surface area (Å²) in [7, 11) is 1.94. The molecule has 0 radical (unpaired) electrons. The van der Waals surface area contributed by atoms with Crippen LogP contribution in [0, 0.1) is 6.92 Å². The zero-order valence-corrected chi connectivity index (χ0v) is 11.6. The van der Waals surface area contributed by atoms with Gasteiger partial charge in [0, 0.05) is 18.9 Å². The van der Waals surface area contributed by atoms with Gasteiger partial charge in [0.05, 0.1) is 6.33 Å². The van der Waals surface area contributed by atoms with Gasteiger partial charge in [-0.25, -0.2) is 9.98 Å². The second kappa shape index (κ2) is 8.56. The third-order valence-corrected chi connectivity index (χ3v) is 2.25. The third kappa shape index (κ3) is 4.85. The molecule has 1 aromatic rings. The minimum absolute atomic E-state index is 0.473. The fourth-order valence-corrected chi connectivity index (χ4v) is 1.18. The van der Waals surface area contributed by atoms with Gasteiger partial charge >= 0.3 is 0 Å². The van der Waals surface area contributed by atoms with Gasteiger partial charge in [0.2, 0.25) is 0 Å². The van der Waals surface area contributed by atoms with E-state index in [1.165, 1.54) is 0 Å². The van der Waals surface area contributed by atoms with E-state index in [9.17, 15) is 0 Å². The van der Waals surface area contributed by atoms with Gasteiger partial charge in [-0.3, -0.25) is 0 Å². The first-order chi connectivity index (χ1) is 8.16. The Hall–Kier alpha value is -1.58. The molecule has 0 spiro atoms. The number of aromatic nitrogens is 2. The number of nitrogens with two attached hydrogens (primary N) is 1. The maximum atomic E-state index is 5.81. The smallest absolute Gasteiger partial charge is 0.151 e. The van der Waals surface area contributed by atoms with Crippen molar-refractivity contribution in [3.8, 4) is 0 Å². The van der Waals surface area contributed by atoms with Crippen molar-refractivity contribution in [1.29, 1.82) is 0 Å². The van der Waals surface area contributed by atoms with E-state index >= 15 is 0 Å². The van der Waals surface area contributed by atoms with Gasteiger partial charge in [-0.2, -0.15) is 0 Å². The number of amidine groups is 1. The van der Waals surface area contributed by atoms with Crippen LogP contribution in [0.2, 0.25) is 0 Å². The van der Waals surface area contributed by atoms with Crippen molar-refractivity contribution in [3.05, 3.63) is 30.0 Å². The lowest BCUT2D eigenvalue weighted by atomic mass is 10.3. The van der Waals surface area contributed by atoms with Crippen molar-refractivity contribution in [2.24, 2.45) is 17.8 Å². The van der Waals surface area contributed by atoms with Crippen molar-refractivity contribution in [1.82, 2.24) is 9.55 Å². The lowest BCUT2D eigenvalue weighted by molar-refractivity contribution is 0.873. The zero-order chi connectivity index (χ0) is 13.3. The number of nitrogens with zero attached hydrogens (tertiary/aromatic N) is 3. The Morgan fingerprint density at radius 1 is 1.53 bits per heavy atom. The third-order valence-electron chi connectivity index (χ3n) is 2.25. The van der Waals surface area contributed by atoms with E-state index in [2.05, 4.69) is 16.9 Å². The van der Waals surface area contributed by atoms with Crippen LogP contribution >= 0.6 is 0 Å². The monoisotopic (exact) mass is 236 g/mol. The van der Waals surface area contributed by atoms with Crippen molar-refractivity contribution >= 4 is 5.84 Å². The first kappa shape index (κ1) is 15.4. The Kier molecular flexibility index (Phi) is 7.76. The van der Waals surface area contributed by atoms with Gasteiger partial charge in [0.25, 0.3) is 0 Å². The van der Waals surface area contributed by atoms with Crippen LogP contribution in [0.1, 0.15) is 45.0 Å². The topological polar surface area (TPSA) is 56.2 Å². The van der Waals surface area contributed by atoms with Crippen molar-refractivity contribution in [3.63, 3.8) is 0 Å². The molecule has 0 bridgehead atoms. The molecule has 17 heavy (non-hydrogen) atoms. The highest BCUT2D eigenvalue weighted by molar-refractivity contribution is 5.97. The minimum atomic E-state index is 0.473. The van der Waals surface area contributed by atoms with Crippen LogP contribution in [-0.4, -0.2) is 15.4 Å². The van der Waals surface area contributed by atoms with Crippen LogP contribution in [-0.2, 0) is 7.05 Å². The van der Waals surface area contributed by atoms with Gasteiger partial charge in [-0.05, 0) is 13.3 Å². The molecular weight excluding hydrogens is 212 g/mol. The number of aryl methyl sites for hydroxylation is 1. The summed E-state index contributed by atoms with van der Waals surface area (Å²) >= 11 is 0. The first-order valence-corrected chi connectivity index (χ1v) is 6.13.